The van der Waals surface area contributed by atoms with Crippen molar-refractivity contribution in [3.63, 3.8) is 0 Å². The molecule has 0 bridgehead atoms. The van der Waals surface area contributed by atoms with Gasteiger partial charge in [-0.2, -0.15) is 0 Å². The fourth-order valence-electron chi connectivity index (χ4n) is 4.99. The molecule has 4 rings (SSSR count). The summed E-state index contributed by atoms with van der Waals surface area (Å²) in [7, 11) is 1.59. The number of likely N-dealkylation sites (tertiary alicyclic amines) is 1. The van der Waals surface area contributed by atoms with Crippen LogP contribution in [0.4, 0.5) is 4.79 Å². The van der Waals surface area contributed by atoms with Crippen LogP contribution in [0.25, 0.3) is 11.1 Å². The zero-order valence-electron chi connectivity index (χ0n) is 19.9. The van der Waals surface area contributed by atoms with Gasteiger partial charge in [-0.3, -0.25) is 0 Å². The predicted molar refractivity (Wildman–Crippen MR) is 132 cm³/mol. The molecule has 1 aliphatic heterocycles. The predicted octanol–water partition coefficient (Wildman–Crippen LogP) is 6.01. The number of rotatable bonds is 6. The molecule has 3 aromatic carbocycles. The average Bonchev–Trinajstić information content (AvgIpc) is 3.12. The molecule has 2 N–H and O–H groups in total. The summed E-state index contributed by atoms with van der Waals surface area (Å²) in [6.45, 7) is 5.83. The van der Waals surface area contributed by atoms with Crippen LogP contribution in [0.15, 0.2) is 72.8 Å². The molecule has 6 heteroatoms. The molecule has 0 spiro atoms. The minimum absolute atomic E-state index is 0.202. The van der Waals surface area contributed by atoms with Crippen molar-refractivity contribution in [2.75, 3.05) is 13.7 Å². The molecule has 3 aromatic rings. The van der Waals surface area contributed by atoms with Crippen LogP contribution in [0, 0.1) is 5.41 Å². The van der Waals surface area contributed by atoms with E-state index in [9.17, 15) is 15.0 Å². The Kier molecular flexibility index (Phi) is 6.53. The number of ether oxygens (including phenoxy) is 2. The first-order valence-corrected chi connectivity index (χ1v) is 11.4. The van der Waals surface area contributed by atoms with Crippen molar-refractivity contribution in [1.82, 2.24) is 4.90 Å². The molecule has 6 nitrogen and oxygen atoms in total. The average molecular weight is 462 g/mol. The van der Waals surface area contributed by atoms with Gasteiger partial charge in [-0.25, -0.2) is 4.79 Å². The van der Waals surface area contributed by atoms with E-state index < -0.39 is 17.6 Å². The summed E-state index contributed by atoms with van der Waals surface area (Å²) >= 11 is 0. The third kappa shape index (κ3) is 4.21. The number of aliphatic hydroxyl groups excluding tert-OH is 1. The van der Waals surface area contributed by atoms with E-state index in [1.54, 1.807) is 14.0 Å². The van der Waals surface area contributed by atoms with E-state index in [2.05, 4.69) is 12.1 Å². The van der Waals surface area contributed by atoms with Crippen LogP contribution in [0.5, 0.6) is 17.2 Å². The van der Waals surface area contributed by atoms with Crippen molar-refractivity contribution in [1.29, 1.82) is 0 Å². The zero-order chi connectivity index (χ0) is 24.5. The second-order valence-corrected chi connectivity index (χ2v) is 9.11. The highest BCUT2D eigenvalue weighted by atomic mass is 16.5. The van der Waals surface area contributed by atoms with Crippen LogP contribution in [0.1, 0.15) is 32.3 Å². The topological polar surface area (TPSA) is 79.2 Å². The molecule has 0 aliphatic carbocycles. The van der Waals surface area contributed by atoms with Crippen LogP contribution in [-0.2, 0) is 0 Å². The maximum Gasteiger partial charge on any atom is 0.407 e. The number of hydrogen-bond acceptors (Lipinski definition) is 4. The van der Waals surface area contributed by atoms with Gasteiger partial charge in [-0.15, -0.1) is 0 Å². The molecule has 1 aliphatic rings. The van der Waals surface area contributed by atoms with Gasteiger partial charge in [-0.1, -0.05) is 55.5 Å². The van der Waals surface area contributed by atoms with E-state index in [-0.39, 0.29) is 12.0 Å². The van der Waals surface area contributed by atoms with Crippen LogP contribution >= 0.6 is 0 Å². The van der Waals surface area contributed by atoms with Crippen molar-refractivity contribution < 1.29 is 24.5 Å². The van der Waals surface area contributed by atoms with Gasteiger partial charge in [-0.05, 0) is 54.8 Å². The fourth-order valence-corrected chi connectivity index (χ4v) is 4.99. The Labute approximate surface area is 200 Å². The summed E-state index contributed by atoms with van der Waals surface area (Å²) < 4.78 is 11.7. The summed E-state index contributed by atoms with van der Waals surface area (Å²) in [5, 5.41) is 20.4. The Morgan fingerprint density at radius 2 is 1.68 bits per heavy atom. The van der Waals surface area contributed by atoms with Crippen molar-refractivity contribution in [3.8, 4) is 28.4 Å². The highest BCUT2D eigenvalue weighted by Gasteiger charge is 2.53. The maximum absolute atomic E-state index is 11.8. The van der Waals surface area contributed by atoms with Crippen LogP contribution < -0.4 is 9.47 Å². The first kappa shape index (κ1) is 23.6. The lowest BCUT2D eigenvalue weighted by Gasteiger charge is -2.38. The van der Waals surface area contributed by atoms with Gasteiger partial charge in [0.05, 0.1) is 13.2 Å². The maximum atomic E-state index is 11.8. The fraction of sp³-hybridized carbons (Fsp3) is 0.321. The molecule has 1 heterocycles. The Morgan fingerprint density at radius 3 is 2.26 bits per heavy atom. The van der Waals surface area contributed by atoms with Gasteiger partial charge in [0.1, 0.15) is 5.75 Å². The summed E-state index contributed by atoms with van der Waals surface area (Å²) in [6, 6.07) is 23.3. The molecule has 178 valence electrons. The number of hydrogen-bond donors (Lipinski definition) is 2. The van der Waals surface area contributed by atoms with Gasteiger partial charge < -0.3 is 24.6 Å². The third-order valence-corrected chi connectivity index (χ3v) is 7.42. The number of benzene rings is 3. The molecule has 1 fully saturated rings. The minimum Gasteiger partial charge on any atom is -0.493 e. The normalized spacial score (nSPS) is 22.9. The van der Waals surface area contributed by atoms with Gasteiger partial charge in [0, 0.05) is 23.9 Å². The number of aliphatic hydroxyl groups is 1. The zero-order valence-corrected chi connectivity index (χ0v) is 19.9. The van der Waals surface area contributed by atoms with E-state index in [1.165, 1.54) is 4.90 Å². The van der Waals surface area contributed by atoms with Crippen molar-refractivity contribution in [2.45, 2.75) is 38.8 Å². The first-order chi connectivity index (χ1) is 16.3. The Bertz CT molecular complexity index is 1150. The van der Waals surface area contributed by atoms with E-state index in [4.69, 9.17) is 9.47 Å². The number of nitrogens with zero attached hydrogens (tertiary/aromatic N) is 1. The second-order valence-electron chi connectivity index (χ2n) is 9.11. The summed E-state index contributed by atoms with van der Waals surface area (Å²) in [6.07, 6.45) is -1.68. The van der Waals surface area contributed by atoms with Crippen molar-refractivity contribution in [3.05, 3.63) is 78.4 Å². The van der Waals surface area contributed by atoms with E-state index in [1.807, 2.05) is 74.5 Å². The number of carbonyl (C=O) groups is 1. The summed E-state index contributed by atoms with van der Waals surface area (Å²) in [5.74, 6) is 1.59. The Morgan fingerprint density at radius 1 is 1.03 bits per heavy atom. The highest BCUT2D eigenvalue weighted by Crippen LogP contribution is 2.50. The molecule has 0 radical (unpaired) electrons. The first-order valence-electron chi connectivity index (χ1n) is 11.4. The van der Waals surface area contributed by atoms with Crippen molar-refractivity contribution in [2.24, 2.45) is 5.41 Å². The molecule has 0 aromatic heterocycles. The quantitative estimate of drug-likeness (QED) is 0.470. The molecular weight excluding hydrogens is 430 g/mol. The van der Waals surface area contributed by atoms with Crippen LogP contribution in [-0.4, -0.2) is 47.0 Å². The molecule has 0 saturated carbocycles. The van der Waals surface area contributed by atoms with Gasteiger partial charge >= 0.3 is 6.09 Å². The largest absolute Gasteiger partial charge is 0.493 e. The molecular formula is C28H31NO5. The van der Waals surface area contributed by atoms with E-state index in [0.717, 1.165) is 16.7 Å². The van der Waals surface area contributed by atoms with Gasteiger partial charge in [0.2, 0.25) is 0 Å². The van der Waals surface area contributed by atoms with Crippen molar-refractivity contribution >= 4 is 6.09 Å². The van der Waals surface area contributed by atoms with Gasteiger partial charge in [0.15, 0.2) is 11.5 Å². The van der Waals surface area contributed by atoms with Crippen LogP contribution in [0.2, 0.25) is 0 Å². The lowest BCUT2D eigenvalue weighted by molar-refractivity contribution is 0.0204. The molecule has 1 saturated heterocycles. The van der Waals surface area contributed by atoms with Crippen LogP contribution in [0.3, 0.4) is 0 Å². The smallest absolute Gasteiger partial charge is 0.407 e. The highest BCUT2D eigenvalue weighted by molar-refractivity contribution is 5.67. The molecule has 1 amide bonds. The molecule has 34 heavy (non-hydrogen) atoms. The Hall–Kier alpha value is -3.51. The van der Waals surface area contributed by atoms with Gasteiger partial charge in [0.25, 0.3) is 0 Å². The summed E-state index contributed by atoms with van der Waals surface area (Å²) in [5.41, 5.74) is 2.47. The summed E-state index contributed by atoms with van der Waals surface area (Å²) in [4.78, 5) is 13.2. The van der Waals surface area contributed by atoms with E-state index >= 15 is 0 Å². The third-order valence-electron chi connectivity index (χ3n) is 7.42. The monoisotopic (exact) mass is 461 g/mol. The van der Waals surface area contributed by atoms with E-state index in [0.29, 0.717) is 23.8 Å². The lowest BCUT2D eigenvalue weighted by Crippen LogP contribution is -2.45. The second kappa shape index (κ2) is 9.39. The standard InChI is InChI=1S/C28H31NO5/c1-18-28(3,19(2)30)24(17-29(18)27(31)32)22-12-15-25(33-4)26(16-22)34-23-13-10-21(11-14-23)20-8-6-5-7-9-20/h5-16,18-19,24,30H,17H2,1-4H3,(H,31,32)/t18?,19-,24-,28-/m0/s1. The number of amides is 1. The lowest BCUT2D eigenvalue weighted by atomic mass is 9.69. The molecule has 4 atom stereocenters. The number of methoxy groups -OCH3 is 1. The minimum atomic E-state index is -0.981. The molecule has 1 unspecified atom stereocenters. The number of carboxylic acid groups (broad SMARTS) is 1. The SMILES string of the molecule is COc1ccc([C@@H]2CN(C(=O)O)C(C)[C@@]2(C)[C@H](C)O)cc1Oc1ccc(-c2ccccc2)cc1. The Balaban J connectivity index is 1.65.